The largest absolute Gasteiger partial charge is 0.494 e. The van der Waals surface area contributed by atoms with Gasteiger partial charge in [-0.05, 0) is 30.7 Å². The lowest BCUT2D eigenvalue weighted by atomic mass is 10.0. The summed E-state index contributed by atoms with van der Waals surface area (Å²) in [5, 5.41) is 0. The molecule has 0 saturated carbocycles. The number of aryl methyl sites for hydroxylation is 1. The van der Waals surface area contributed by atoms with Crippen molar-refractivity contribution in [1.82, 2.24) is 4.98 Å². The van der Waals surface area contributed by atoms with Crippen molar-refractivity contribution in [2.45, 2.75) is 6.92 Å². The van der Waals surface area contributed by atoms with E-state index in [4.69, 9.17) is 9.73 Å². The van der Waals surface area contributed by atoms with Gasteiger partial charge in [0.1, 0.15) is 11.4 Å². The normalized spacial score (nSPS) is 11.3. The monoisotopic (exact) mass is 302 g/mol. The first-order valence-electron chi connectivity index (χ1n) is 7.48. The Kier molecular flexibility index (Phi) is 4.48. The van der Waals surface area contributed by atoms with Crippen LogP contribution in [0.15, 0.2) is 77.9 Å². The van der Waals surface area contributed by atoms with Crippen LogP contribution in [0, 0.1) is 6.92 Å². The van der Waals surface area contributed by atoms with Crippen molar-refractivity contribution in [3.05, 3.63) is 89.7 Å². The molecule has 0 radical (unpaired) electrons. The molecular formula is C20H18N2O. The van der Waals surface area contributed by atoms with Crippen molar-refractivity contribution in [3.63, 3.8) is 0 Å². The number of aromatic nitrogens is 1. The van der Waals surface area contributed by atoms with Gasteiger partial charge in [-0.2, -0.15) is 0 Å². The highest BCUT2D eigenvalue weighted by molar-refractivity contribution is 6.13. The van der Waals surface area contributed by atoms with E-state index >= 15 is 0 Å². The van der Waals surface area contributed by atoms with Crippen molar-refractivity contribution >= 4 is 11.4 Å². The number of aliphatic imine (C=N–C) groups is 1. The van der Waals surface area contributed by atoms with Gasteiger partial charge in [0, 0.05) is 11.8 Å². The lowest BCUT2D eigenvalue weighted by Gasteiger charge is -2.11. The smallest absolute Gasteiger partial charge is 0.144 e. The number of benzene rings is 2. The molecule has 2 aromatic carbocycles. The Morgan fingerprint density at radius 2 is 1.65 bits per heavy atom. The minimum atomic E-state index is 0.745. The Hall–Kier alpha value is -2.94. The molecule has 114 valence electrons. The van der Waals surface area contributed by atoms with Crippen LogP contribution >= 0.6 is 0 Å². The molecule has 0 spiro atoms. The van der Waals surface area contributed by atoms with Crippen LogP contribution < -0.4 is 4.74 Å². The fraction of sp³-hybridized carbons (Fsp3) is 0.100. The minimum Gasteiger partial charge on any atom is -0.494 e. The molecule has 1 heterocycles. The highest BCUT2D eigenvalue weighted by Gasteiger charge is 2.12. The third-order valence-corrected chi connectivity index (χ3v) is 3.60. The van der Waals surface area contributed by atoms with Gasteiger partial charge in [0.05, 0.1) is 18.5 Å². The Balaban J connectivity index is 2.21. The number of ether oxygens (including phenoxy) is 1. The van der Waals surface area contributed by atoms with Crippen LogP contribution in [0.2, 0.25) is 0 Å². The van der Waals surface area contributed by atoms with E-state index in [0.29, 0.717) is 0 Å². The molecule has 0 aliphatic heterocycles. The second-order valence-electron chi connectivity index (χ2n) is 5.17. The zero-order chi connectivity index (χ0) is 16.1. The summed E-state index contributed by atoms with van der Waals surface area (Å²) in [6.45, 7) is 2.04. The molecule has 3 aromatic rings. The van der Waals surface area contributed by atoms with Crippen LogP contribution in [-0.4, -0.2) is 17.8 Å². The van der Waals surface area contributed by atoms with Crippen molar-refractivity contribution in [3.8, 4) is 5.75 Å². The van der Waals surface area contributed by atoms with E-state index in [0.717, 1.165) is 34.0 Å². The average Bonchev–Trinajstić information content (AvgIpc) is 2.61. The van der Waals surface area contributed by atoms with Gasteiger partial charge in [0.15, 0.2) is 0 Å². The molecule has 0 amide bonds. The third-order valence-electron chi connectivity index (χ3n) is 3.60. The number of hydrogen-bond acceptors (Lipinski definition) is 3. The summed E-state index contributed by atoms with van der Waals surface area (Å²) in [4.78, 5) is 9.39. The van der Waals surface area contributed by atoms with E-state index in [2.05, 4.69) is 4.98 Å². The maximum absolute atomic E-state index is 5.42. The van der Waals surface area contributed by atoms with Crippen molar-refractivity contribution < 1.29 is 4.74 Å². The first kappa shape index (κ1) is 15.0. The van der Waals surface area contributed by atoms with Gasteiger partial charge in [-0.25, -0.2) is 4.99 Å². The molecule has 0 aliphatic carbocycles. The SMILES string of the molecule is COc1ccccc1N=C(c1ccccc1)c1ncccc1C. The molecule has 0 N–H and O–H groups in total. The average molecular weight is 302 g/mol. The third kappa shape index (κ3) is 3.29. The quantitative estimate of drug-likeness (QED) is 0.662. The number of rotatable bonds is 4. The predicted octanol–water partition coefficient (Wildman–Crippen LogP) is 4.57. The lowest BCUT2D eigenvalue weighted by Crippen LogP contribution is -2.07. The number of hydrogen-bond donors (Lipinski definition) is 0. The predicted molar refractivity (Wildman–Crippen MR) is 93.7 cm³/mol. The highest BCUT2D eigenvalue weighted by atomic mass is 16.5. The van der Waals surface area contributed by atoms with Gasteiger partial charge < -0.3 is 4.74 Å². The Morgan fingerprint density at radius 1 is 0.913 bits per heavy atom. The molecule has 0 aliphatic rings. The first-order valence-corrected chi connectivity index (χ1v) is 7.48. The highest BCUT2D eigenvalue weighted by Crippen LogP contribution is 2.28. The molecule has 0 bridgehead atoms. The number of pyridine rings is 1. The summed E-state index contributed by atoms with van der Waals surface area (Å²) in [7, 11) is 1.66. The summed E-state index contributed by atoms with van der Waals surface area (Å²) in [6, 6.07) is 21.8. The summed E-state index contributed by atoms with van der Waals surface area (Å²) in [6.07, 6.45) is 1.79. The Bertz CT molecular complexity index is 826. The van der Waals surface area contributed by atoms with Gasteiger partial charge in [0.25, 0.3) is 0 Å². The van der Waals surface area contributed by atoms with Gasteiger partial charge in [-0.3, -0.25) is 4.98 Å². The molecule has 23 heavy (non-hydrogen) atoms. The number of nitrogens with zero attached hydrogens (tertiary/aromatic N) is 2. The van der Waals surface area contributed by atoms with Crippen molar-refractivity contribution in [2.75, 3.05) is 7.11 Å². The van der Waals surface area contributed by atoms with E-state index in [-0.39, 0.29) is 0 Å². The Labute approximate surface area is 136 Å². The first-order chi connectivity index (χ1) is 11.3. The summed E-state index contributed by atoms with van der Waals surface area (Å²) in [5.74, 6) is 0.745. The van der Waals surface area contributed by atoms with E-state index in [1.165, 1.54) is 0 Å². The van der Waals surface area contributed by atoms with E-state index in [1.54, 1.807) is 13.3 Å². The fourth-order valence-corrected chi connectivity index (χ4v) is 2.43. The van der Waals surface area contributed by atoms with Gasteiger partial charge in [-0.1, -0.05) is 48.5 Å². The molecule has 0 unspecified atom stereocenters. The molecule has 3 heteroatoms. The van der Waals surface area contributed by atoms with Crippen LogP contribution in [-0.2, 0) is 0 Å². The summed E-state index contributed by atoms with van der Waals surface area (Å²) in [5.41, 5.74) is 4.63. The van der Waals surface area contributed by atoms with Crippen molar-refractivity contribution in [1.29, 1.82) is 0 Å². The summed E-state index contributed by atoms with van der Waals surface area (Å²) < 4.78 is 5.42. The van der Waals surface area contributed by atoms with E-state index in [1.807, 2.05) is 73.7 Å². The molecule has 3 nitrogen and oxygen atoms in total. The zero-order valence-corrected chi connectivity index (χ0v) is 13.2. The standard InChI is InChI=1S/C20H18N2O/c1-15-9-8-14-21-19(15)20(16-10-4-3-5-11-16)22-17-12-6-7-13-18(17)23-2/h3-14H,1-2H3. The van der Waals surface area contributed by atoms with Gasteiger partial charge >= 0.3 is 0 Å². The maximum atomic E-state index is 5.42. The molecular weight excluding hydrogens is 284 g/mol. The van der Waals surface area contributed by atoms with Gasteiger partial charge in [-0.15, -0.1) is 0 Å². The zero-order valence-electron chi connectivity index (χ0n) is 13.2. The van der Waals surface area contributed by atoms with Crippen LogP contribution in [0.25, 0.3) is 0 Å². The minimum absolute atomic E-state index is 0.745. The van der Waals surface area contributed by atoms with Crippen LogP contribution in [0.5, 0.6) is 5.75 Å². The van der Waals surface area contributed by atoms with E-state index in [9.17, 15) is 0 Å². The number of para-hydroxylation sites is 2. The molecule has 0 fully saturated rings. The van der Waals surface area contributed by atoms with Crippen molar-refractivity contribution in [2.24, 2.45) is 4.99 Å². The van der Waals surface area contributed by atoms with Crippen LogP contribution in [0.1, 0.15) is 16.8 Å². The number of methoxy groups -OCH3 is 1. The topological polar surface area (TPSA) is 34.5 Å². The molecule has 1 aromatic heterocycles. The van der Waals surface area contributed by atoms with Gasteiger partial charge in [0.2, 0.25) is 0 Å². The summed E-state index contributed by atoms with van der Waals surface area (Å²) >= 11 is 0. The molecule has 0 saturated heterocycles. The maximum Gasteiger partial charge on any atom is 0.144 e. The van der Waals surface area contributed by atoms with Crippen LogP contribution in [0.3, 0.4) is 0 Å². The Morgan fingerprint density at radius 3 is 2.39 bits per heavy atom. The molecule has 3 rings (SSSR count). The van der Waals surface area contributed by atoms with Crippen LogP contribution in [0.4, 0.5) is 5.69 Å². The molecule has 0 atom stereocenters. The second kappa shape index (κ2) is 6.88. The van der Waals surface area contributed by atoms with E-state index < -0.39 is 0 Å². The fourth-order valence-electron chi connectivity index (χ4n) is 2.43. The lowest BCUT2D eigenvalue weighted by molar-refractivity contribution is 0.416. The second-order valence-corrected chi connectivity index (χ2v) is 5.17.